The number of para-hydroxylation sites is 4. The second kappa shape index (κ2) is 7.59. The topological polar surface area (TPSA) is 9.86 Å². The van der Waals surface area contributed by atoms with E-state index in [1.165, 1.54) is 49.3 Å². The molecule has 0 aliphatic rings. The summed E-state index contributed by atoms with van der Waals surface area (Å²) in [5.74, 6) is 0. The molecule has 0 N–H and O–H groups in total. The van der Waals surface area contributed by atoms with Gasteiger partial charge in [0.15, 0.2) is 0 Å². The highest BCUT2D eigenvalue weighted by molar-refractivity contribution is 9.11. The average Bonchev–Trinajstić information content (AvgIpc) is 3.37. The minimum Gasteiger partial charge on any atom is -0.309 e. The summed E-state index contributed by atoms with van der Waals surface area (Å²) in [5.41, 5.74) is 7.08. The molecule has 2 aromatic heterocycles. The Balaban J connectivity index is 1.60. The van der Waals surface area contributed by atoms with Crippen LogP contribution in [0.1, 0.15) is 0 Å². The Hall–Kier alpha value is -3.34. The Morgan fingerprint density at radius 1 is 0.412 bits per heavy atom. The fourth-order valence-electron chi connectivity index (χ4n) is 5.24. The molecule has 2 heterocycles. The van der Waals surface area contributed by atoms with Crippen molar-refractivity contribution in [2.24, 2.45) is 0 Å². The third kappa shape index (κ3) is 2.79. The van der Waals surface area contributed by atoms with E-state index in [1.807, 2.05) is 6.07 Å². The molecule has 0 atom stereocenters. The maximum atomic E-state index is 3.79. The fourth-order valence-corrected chi connectivity index (χ4v) is 6.60. The monoisotopic (exact) mass is 564 g/mol. The number of fused-ring (bicyclic) bond motifs is 6. The first-order valence-electron chi connectivity index (χ1n) is 11.2. The van der Waals surface area contributed by atoms with Crippen LogP contribution in [0.25, 0.3) is 55.0 Å². The van der Waals surface area contributed by atoms with Crippen molar-refractivity contribution in [1.82, 2.24) is 9.13 Å². The van der Waals surface area contributed by atoms with Gasteiger partial charge in [-0.05, 0) is 80.4 Å². The fraction of sp³-hybridized carbons (Fsp3) is 0. The lowest BCUT2D eigenvalue weighted by Crippen LogP contribution is -1.97. The summed E-state index contributed by atoms with van der Waals surface area (Å²) in [4.78, 5) is 0. The molecular formula is C30H18Br2N2. The van der Waals surface area contributed by atoms with Crippen molar-refractivity contribution in [2.75, 3.05) is 0 Å². The van der Waals surface area contributed by atoms with Gasteiger partial charge in [0.1, 0.15) is 0 Å². The summed E-state index contributed by atoms with van der Waals surface area (Å²) in [6.45, 7) is 0. The maximum absolute atomic E-state index is 3.79. The van der Waals surface area contributed by atoms with Gasteiger partial charge in [-0.15, -0.1) is 0 Å². The van der Waals surface area contributed by atoms with Gasteiger partial charge in [-0.2, -0.15) is 0 Å². The molecule has 0 saturated carbocycles. The zero-order chi connectivity index (χ0) is 22.8. The highest BCUT2D eigenvalue weighted by Gasteiger charge is 2.18. The van der Waals surface area contributed by atoms with Crippen molar-refractivity contribution in [3.8, 4) is 11.4 Å². The normalized spacial score (nSPS) is 11.8. The first kappa shape index (κ1) is 20.1. The van der Waals surface area contributed by atoms with Crippen LogP contribution in [0.2, 0.25) is 0 Å². The molecule has 0 radical (unpaired) electrons. The molecule has 34 heavy (non-hydrogen) atoms. The molecule has 0 saturated heterocycles. The van der Waals surface area contributed by atoms with Crippen molar-refractivity contribution >= 4 is 75.5 Å². The quantitative estimate of drug-likeness (QED) is 0.197. The van der Waals surface area contributed by atoms with Crippen molar-refractivity contribution in [3.05, 3.63) is 118 Å². The van der Waals surface area contributed by atoms with Crippen LogP contribution < -0.4 is 0 Å². The van der Waals surface area contributed by atoms with Crippen LogP contribution in [0.15, 0.2) is 118 Å². The summed E-state index contributed by atoms with van der Waals surface area (Å²) in [6.07, 6.45) is 0. The molecule has 0 aliphatic carbocycles. The van der Waals surface area contributed by atoms with Gasteiger partial charge in [-0.1, -0.05) is 60.7 Å². The number of hydrogen-bond donors (Lipinski definition) is 0. The predicted molar refractivity (Wildman–Crippen MR) is 151 cm³/mol. The highest BCUT2D eigenvalue weighted by atomic mass is 79.9. The number of hydrogen-bond acceptors (Lipinski definition) is 0. The molecule has 7 aromatic rings. The summed E-state index contributed by atoms with van der Waals surface area (Å²) < 4.78 is 6.82. The van der Waals surface area contributed by atoms with Gasteiger partial charge in [0.2, 0.25) is 0 Å². The van der Waals surface area contributed by atoms with E-state index in [0.717, 1.165) is 14.6 Å². The van der Waals surface area contributed by atoms with E-state index < -0.39 is 0 Å². The van der Waals surface area contributed by atoms with Gasteiger partial charge in [-0.25, -0.2) is 0 Å². The molecule has 0 spiro atoms. The first-order chi connectivity index (χ1) is 16.7. The number of nitrogens with zero attached hydrogens (tertiary/aromatic N) is 2. The largest absolute Gasteiger partial charge is 0.309 e. The summed E-state index contributed by atoms with van der Waals surface area (Å²) >= 11 is 7.57. The van der Waals surface area contributed by atoms with E-state index in [0.29, 0.717) is 0 Å². The standard InChI is InChI=1S/C30H18Br2N2/c31-24-11-7-12-25(32)30(24)34-28-15-6-3-10-22(28)23-18-19(16-17-29(23)34)33-26-13-4-1-8-20(26)21-9-2-5-14-27(21)33/h1-18H. The van der Waals surface area contributed by atoms with Gasteiger partial charge in [0.05, 0.1) is 27.8 Å². The maximum Gasteiger partial charge on any atom is 0.0746 e. The van der Waals surface area contributed by atoms with Crippen LogP contribution in [0.5, 0.6) is 0 Å². The Kier molecular flexibility index (Phi) is 4.48. The van der Waals surface area contributed by atoms with Gasteiger partial charge in [0.25, 0.3) is 0 Å². The lowest BCUT2D eigenvalue weighted by atomic mass is 10.1. The minimum atomic E-state index is 1.05. The zero-order valence-corrected chi connectivity index (χ0v) is 21.2. The Morgan fingerprint density at radius 3 is 1.47 bits per heavy atom. The molecule has 5 aromatic carbocycles. The molecule has 7 rings (SSSR count). The second-order valence-corrected chi connectivity index (χ2v) is 10.2. The predicted octanol–water partition coefficient (Wildman–Crippen LogP) is 9.41. The van der Waals surface area contributed by atoms with E-state index in [4.69, 9.17) is 0 Å². The number of aromatic nitrogens is 2. The zero-order valence-electron chi connectivity index (χ0n) is 18.0. The Morgan fingerprint density at radius 2 is 0.882 bits per heavy atom. The third-order valence-electron chi connectivity index (χ3n) is 6.66. The second-order valence-electron chi connectivity index (χ2n) is 8.49. The van der Waals surface area contributed by atoms with Crippen molar-refractivity contribution in [3.63, 3.8) is 0 Å². The van der Waals surface area contributed by atoms with E-state index in [1.54, 1.807) is 0 Å². The summed E-state index contributed by atoms with van der Waals surface area (Å²) in [5, 5.41) is 5.02. The van der Waals surface area contributed by atoms with E-state index in [-0.39, 0.29) is 0 Å². The van der Waals surface area contributed by atoms with Crippen molar-refractivity contribution in [2.45, 2.75) is 0 Å². The van der Waals surface area contributed by atoms with Crippen LogP contribution in [0, 0.1) is 0 Å². The molecule has 0 aliphatic heterocycles. The lowest BCUT2D eigenvalue weighted by Gasteiger charge is -2.13. The molecule has 0 fully saturated rings. The van der Waals surface area contributed by atoms with Gasteiger partial charge < -0.3 is 9.13 Å². The summed E-state index contributed by atoms with van der Waals surface area (Å²) in [6, 6.07) is 39.0. The summed E-state index contributed by atoms with van der Waals surface area (Å²) in [7, 11) is 0. The van der Waals surface area contributed by atoms with Crippen LogP contribution in [-0.4, -0.2) is 9.13 Å². The first-order valence-corrected chi connectivity index (χ1v) is 12.8. The van der Waals surface area contributed by atoms with Crippen LogP contribution >= 0.6 is 31.9 Å². The van der Waals surface area contributed by atoms with Crippen LogP contribution in [0.3, 0.4) is 0 Å². The van der Waals surface area contributed by atoms with E-state index >= 15 is 0 Å². The van der Waals surface area contributed by atoms with Gasteiger partial charge >= 0.3 is 0 Å². The average molecular weight is 566 g/mol. The van der Waals surface area contributed by atoms with Gasteiger partial charge in [-0.3, -0.25) is 0 Å². The molecule has 0 amide bonds. The number of benzene rings is 5. The molecular weight excluding hydrogens is 548 g/mol. The van der Waals surface area contributed by atoms with Gasteiger partial charge in [0, 0.05) is 36.2 Å². The molecule has 2 nitrogen and oxygen atoms in total. The molecule has 0 bridgehead atoms. The third-order valence-corrected chi connectivity index (χ3v) is 7.94. The minimum absolute atomic E-state index is 1.05. The Labute approximate surface area is 213 Å². The SMILES string of the molecule is Brc1cccc(Br)c1-n1c2ccccc2c2cc(-n3c4ccccc4c4ccccc43)ccc21. The van der Waals surface area contributed by atoms with E-state index in [2.05, 4.69) is 144 Å². The van der Waals surface area contributed by atoms with Crippen molar-refractivity contribution < 1.29 is 0 Å². The molecule has 162 valence electrons. The van der Waals surface area contributed by atoms with Crippen LogP contribution in [0.4, 0.5) is 0 Å². The number of rotatable bonds is 2. The highest BCUT2D eigenvalue weighted by Crippen LogP contribution is 2.39. The molecule has 4 heteroatoms. The van der Waals surface area contributed by atoms with Crippen LogP contribution in [-0.2, 0) is 0 Å². The molecule has 0 unspecified atom stereocenters. The van der Waals surface area contributed by atoms with Crippen molar-refractivity contribution in [1.29, 1.82) is 0 Å². The lowest BCUT2D eigenvalue weighted by molar-refractivity contribution is 1.15. The number of halogens is 2. The smallest absolute Gasteiger partial charge is 0.0746 e. The van der Waals surface area contributed by atoms with E-state index in [9.17, 15) is 0 Å². The Bertz CT molecular complexity index is 1820.